The highest BCUT2D eigenvalue weighted by molar-refractivity contribution is 6.14. The van der Waals surface area contributed by atoms with Crippen LogP contribution >= 0.6 is 0 Å². The minimum atomic E-state index is -0.482. The molecule has 1 saturated heterocycles. The fourth-order valence-corrected chi connectivity index (χ4v) is 4.12. The van der Waals surface area contributed by atoms with E-state index >= 15 is 0 Å². The molecule has 0 saturated carbocycles. The van der Waals surface area contributed by atoms with E-state index in [-0.39, 0.29) is 11.5 Å². The first kappa shape index (κ1) is 14.5. The van der Waals surface area contributed by atoms with Gasteiger partial charge in [-0.05, 0) is 25.2 Å². The van der Waals surface area contributed by atoms with E-state index < -0.39 is 5.66 Å². The monoisotopic (exact) mass is 334 g/mol. The molecule has 6 nitrogen and oxygen atoms in total. The van der Waals surface area contributed by atoms with E-state index in [1.54, 1.807) is 24.3 Å². The highest BCUT2D eigenvalue weighted by atomic mass is 16.3. The van der Waals surface area contributed by atoms with Crippen molar-refractivity contribution in [2.45, 2.75) is 12.1 Å². The molecule has 0 bridgehead atoms. The Morgan fingerprint density at radius 1 is 1.04 bits per heavy atom. The van der Waals surface area contributed by atoms with E-state index in [1.165, 1.54) is 0 Å². The van der Waals surface area contributed by atoms with Crippen molar-refractivity contribution in [1.29, 1.82) is 0 Å². The Kier molecular flexibility index (Phi) is 2.67. The second-order valence-electron chi connectivity index (χ2n) is 7.02. The summed E-state index contributed by atoms with van der Waals surface area (Å²) in [5.41, 5.74) is 6.01. The number of nitrogens with zero attached hydrogens (tertiary/aromatic N) is 3. The van der Waals surface area contributed by atoms with Gasteiger partial charge in [0.2, 0.25) is 0 Å². The lowest BCUT2D eigenvalue weighted by Crippen LogP contribution is -2.27. The van der Waals surface area contributed by atoms with E-state index in [0.29, 0.717) is 32.6 Å². The van der Waals surface area contributed by atoms with Crippen molar-refractivity contribution in [2.24, 2.45) is 9.98 Å². The Morgan fingerprint density at radius 2 is 1.84 bits per heavy atom. The highest BCUT2D eigenvalue weighted by Gasteiger charge is 2.38. The molecule has 0 aromatic heterocycles. The first-order valence-electron chi connectivity index (χ1n) is 8.32. The highest BCUT2D eigenvalue weighted by Crippen LogP contribution is 2.42. The molecule has 0 radical (unpaired) electrons. The number of aromatic hydroxyl groups is 2. The minimum Gasteiger partial charge on any atom is -0.507 e. The zero-order chi connectivity index (χ0) is 17.3. The number of hydrogen-bond acceptors (Lipinski definition) is 6. The van der Waals surface area contributed by atoms with Crippen LogP contribution < -0.4 is 16.4 Å². The van der Waals surface area contributed by atoms with Crippen molar-refractivity contribution < 1.29 is 10.2 Å². The van der Waals surface area contributed by atoms with Crippen LogP contribution in [0.15, 0.2) is 40.3 Å². The molecular formula is C19H18N4O2. The average Bonchev–Trinajstić information content (AvgIpc) is 3.13. The van der Waals surface area contributed by atoms with Crippen LogP contribution in [0.25, 0.3) is 21.5 Å². The molecule has 1 fully saturated rings. The third kappa shape index (κ3) is 1.83. The van der Waals surface area contributed by atoms with E-state index in [1.807, 2.05) is 6.07 Å². The van der Waals surface area contributed by atoms with E-state index in [0.717, 1.165) is 24.9 Å². The molecule has 1 atom stereocenters. The summed E-state index contributed by atoms with van der Waals surface area (Å²) >= 11 is 0. The second kappa shape index (κ2) is 4.61. The number of fused-ring (bicyclic) bond motifs is 4. The molecule has 0 amide bonds. The van der Waals surface area contributed by atoms with Crippen LogP contribution in [0.5, 0.6) is 11.5 Å². The first-order valence-corrected chi connectivity index (χ1v) is 8.32. The third-order valence-electron chi connectivity index (χ3n) is 5.30. The summed E-state index contributed by atoms with van der Waals surface area (Å²) in [5.74, 6) is 0.165. The van der Waals surface area contributed by atoms with Crippen molar-refractivity contribution in [3.8, 4) is 11.5 Å². The normalized spacial score (nSPS) is 22.4. The number of nitrogen functional groups attached to an aromatic ring is 1. The van der Waals surface area contributed by atoms with Gasteiger partial charge in [0.05, 0.1) is 21.5 Å². The van der Waals surface area contributed by atoms with Gasteiger partial charge in [-0.25, -0.2) is 0 Å². The maximum atomic E-state index is 11.0. The van der Waals surface area contributed by atoms with Crippen LogP contribution in [0.4, 0.5) is 5.69 Å². The van der Waals surface area contributed by atoms with Gasteiger partial charge in [-0.15, -0.1) is 0 Å². The van der Waals surface area contributed by atoms with Crippen LogP contribution in [-0.2, 0) is 0 Å². The molecule has 2 heterocycles. The number of nitrogens with two attached hydrogens (primary N) is 1. The molecule has 126 valence electrons. The molecule has 0 aliphatic carbocycles. The number of rotatable bonds is 0. The lowest BCUT2D eigenvalue weighted by molar-refractivity contribution is 0.375. The van der Waals surface area contributed by atoms with E-state index in [4.69, 9.17) is 15.7 Å². The molecular weight excluding hydrogens is 316 g/mol. The molecule has 2 aliphatic rings. The van der Waals surface area contributed by atoms with Crippen LogP contribution in [0.3, 0.4) is 0 Å². The SMILES string of the molecule is CN1CCC2(C1)N=c1ccc3c(O)c4cccc(N)c4c(O)c3c1=N2. The maximum absolute atomic E-state index is 11.0. The molecule has 6 heteroatoms. The molecule has 25 heavy (non-hydrogen) atoms. The van der Waals surface area contributed by atoms with Crippen LogP contribution in [-0.4, -0.2) is 40.9 Å². The molecule has 4 N–H and O–H groups in total. The number of benzene rings is 3. The number of likely N-dealkylation sites (N-methyl/N-ethyl adjacent to an activating group) is 1. The van der Waals surface area contributed by atoms with Crippen LogP contribution in [0, 0.1) is 0 Å². The zero-order valence-corrected chi connectivity index (χ0v) is 13.8. The van der Waals surface area contributed by atoms with E-state index in [9.17, 15) is 10.2 Å². The predicted molar refractivity (Wildman–Crippen MR) is 96.4 cm³/mol. The molecule has 1 spiro atoms. The van der Waals surface area contributed by atoms with Crippen LogP contribution in [0.2, 0.25) is 0 Å². The summed E-state index contributed by atoms with van der Waals surface area (Å²) in [6.07, 6.45) is 0.849. The van der Waals surface area contributed by atoms with Gasteiger partial charge in [0.25, 0.3) is 0 Å². The summed E-state index contributed by atoms with van der Waals surface area (Å²) in [7, 11) is 2.05. The van der Waals surface area contributed by atoms with Gasteiger partial charge < -0.3 is 20.8 Å². The Labute approximate surface area is 143 Å². The molecule has 2 aliphatic heterocycles. The number of phenolic OH excluding ortho intramolecular Hbond substituents is 2. The quantitative estimate of drug-likeness (QED) is 0.328. The predicted octanol–water partition coefficient (Wildman–Crippen LogP) is 1.27. The van der Waals surface area contributed by atoms with Gasteiger partial charge in [-0.1, -0.05) is 12.1 Å². The van der Waals surface area contributed by atoms with Crippen molar-refractivity contribution in [2.75, 3.05) is 25.9 Å². The smallest absolute Gasteiger partial charge is 0.165 e. The van der Waals surface area contributed by atoms with Crippen molar-refractivity contribution in [3.63, 3.8) is 0 Å². The Balaban J connectivity index is 1.96. The lowest BCUT2D eigenvalue weighted by atomic mass is 9.99. The Morgan fingerprint density at radius 3 is 2.60 bits per heavy atom. The number of phenols is 2. The third-order valence-corrected chi connectivity index (χ3v) is 5.30. The van der Waals surface area contributed by atoms with Crippen molar-refractivity contribution >= 4 is 27.2 Å². The standard InChI is InChI=1S/C19H18N4O2/c1-23-8-7-19(9-23)21-13-6-5-11-15(16(13)22-19)18(25)14-10(17(11)24)3-2-4-12(14)20/h2-6,24-25H,7-9,20H2,1H3. The van der Waals surface area contributed by atoms with Crippen molar-refractivity contribution in [3.05, 3.63) is 41.0 Å². The Bertz CT molecular complexity index is 1190. The average molecular weight is 334 g/mol. The minimum absolute atomic E-state index is 0.0556. The fraction of sp³-hybridized carbons (Fsp3) is 0.263. The number of anilines is 1. The van der Waals surface area contributed by atoms with E-state index in [2.05, 4.69) is 11.9 Å². The van der Waals surface area contributed by atoms with Crippen molar-refractivity contribution in [1.82, 2.24) is 4.90 Å². The Hall–Kier alpha value is -2.86. The second-order valence-corrected chi connectivity index (χ2v) is 7.02. The molecule has 3 aromatic rings. The molecule has 3 aromatic carbocycles. The molecule has 5 rings (SSSR count). The van der Waals surface area contributed by atoms with Gasteiger partial charge >= 0.3 is 0 Å². The lowest BCUT2D eigenvalue weighted by Gasteiger charge is -2.15. The summed E-state index contributed by atoms with van der Waals surface area (Å²) in [5, 5.41) is 25.2. The zero-order valence-electron chi connectivity index (χ0n) is 13.8. The summed E-state index contributed by atoms with van der Waals surface area (Å²) < 4.78 is 0. The van der Waals surface area contributed by atoms with Crippen LogP contribution in [0.1, 0.15) is 6.42 Å². The number of likely N-dealkylation sites (tertiary alicyclic amines) is 1. The maximum Gasteiger partial charge on any atom is 0.165 e. The van der Waals surface area contributed by atoms with Gasteiger partial charge in [0.15, 0.2) is 5.66 Å². The fourth-order valence-electron chi connectivity index (χ4n) is 4.12. The topological polar surface area (TPSA) is 94.4 Å². The first-order chi connectivity index (χ1) is 12.0. The molecule has 1 unspecified atom stereocenters. The summed E-state index contributed by atoms with van der Waals surface area (Å²) in [6, 6.07) is 8.89. The van der Waals surface area contributed by atoms with Gasteiger partial charge in [-0.3, -0.25) is 9.98 Å². The summed E-state index contributed by atoms with van der Waals surface area (Å²) in [4.78, 5) is 11.9. The van der Waals surface area contributed by atoms with Gasteiger partial charge in [-0.2, -0.15) is 0 Å². The summed E-state index contributed by atoms with van der Waals surface area (Å²) in [6.45, 7) is 1.69. The van der Waals surface area contributed by atoms with Gasteiger partial charge in [0.1, 0.15) is 11.5 Å². The number of hydrogen-bond donors (Lipinski definition) is 3. The largest absolute Gasteiger partial charge is 0.507 e. The van der Waals surface area contributed by atoms with Gasteiger partial charge in [0, 0.05) is 36.0 Å².